The van der Waals surface area contributed by atoms with Crippen LogP contribution in [0.2, 0.25) is 0 Å². The highest BCUT2D eigenvalue weighted by atomic mass is 16.1. The number of rotatable bonds is 6. The smallest absolute Gasteiger partial charge is 0.239 e. The van der Waals surface area contributed by atoms with Crippen LogP contribution in [0.1, 0.15) is 24.4 Å². The van der Waals surface area contributed by atoms with Crippen LogP contribution in [0.4, 0.5) is 0 Å². The van der Waals surface area contributed by atoms with Crippen molar-refractivity contribution < 1.29 is 4.79 Å². The van der Waals surface area contributed by atoms with E-state index in [1.165, 1.54) is 0 Å². The van der Waals surface area contributed by atoms with Crippen molar-refractivity contribution in [1.82, 2.24) is 19.4 Å². The zero-order chi connectivity index (χ0) is 16.9. The lowest BCUT2D eigenvalue weighted by molar-refractivity contribution is -0.124. The summed E-state index contributed by atoms with van der Waals surface area (Å²) in [6, 6.07) is 9.46. The molecule has 6 heteroatoms. The van der Waals surface area contributed by atoms with Gasteiger partial charge in [-0.2, -0.15) is 0 Å². The first kappa shape index (κ1) is 16.7. The predicted molar refractivity (Wildman–Crippen MR) is 93.1 cm³/mol. The van der Waals surface area contributed by atoms with Gasteiger partial charge in [-0.05, 0) is 12.5 Å². The van der Waals surface area contributed by atoms with Crippen LogP contribution >= 0.6 is 0 Å². The molecule has 1 atom stereocenters. The Hall–Kier alpha value is -2.18. The Kier molecular flexibility index (Phi) is 5.27. The van der Waals surface area contributed by atoms with Crippen LogP contribution in [0, 0.1) is 0 Å². The number of benzene rings is 1. The van der Waals surface area contributed by atoms with Crippen LogP contribution in [0.15, 0.2) is 42.7 Å². The summed E-state index contributed by atoms with van der Waals surface area (Å²) in [4.78, 5) is 21.0. The van der Waals surface area contributed by atoms with Gasteiger partial charge in [0, 0.05) is 45.1 Å². The standard InChI is InChI=1S/C18H25N5O/c1-2-22-9-8-20-16(22)14-21-10-12-23(13-11-21)17(18(19)24)15-6-4-3-5-7-15/h3-9,17H,2,10-14H2,1H3,(H2,19,24)/t17-/m0/s1. The fourth-order valence-corrected chi connectivity index (χ4v) is 3.35. The maximum atomic E-state index is 12.0. The molecule has 24 heavy (non-hydrogen) atoms. The fraction of sp³-hybridized carbons (Fsp3) is 0.444. The second kappa shape index (κ2) is 7.59. The van der Waals surface area contributed by atoms with E-state index < -0.39 is 0 Å². The Balaban J connectivity index is 1.62. The van der Waals surface area contributed by atoms with Gasteiger partial charge in [-0.15, -0.1) is 0 Å². The van der Waals surface area contributed by atoms with Gasteiger partial charge in [0.05, 0.1) is 6.54 Å². The van der Waals surface area contributed by atoms with Gasteiger partial charge in [-0.1, -0.05) is 30.3 Å². The first-order valence-corrected chi connectivity index (χ1v) is 8.49. The number of carbonyl (C=O) groups is 1. The van der Waals surface area contributed by atoms with Crippen LogP contribution in [-0.2, 0) is 17.9 Å². The summed E-state index contributed by atoms with van der Waals surface area (Å²) in [5, 5.41) is 0. The molecule has 128 valence electrons. The zero-order valence-corrected chi connectivity index (χ0v) is 14.1. The molecule has 0 aliphatic carbocycles. The summed E-state index contributed by atoms with van der Waals surface area (Å²) in [5.74, 6) is 0.816. The summed E-state index contributed by atoms with van der Waals surface area (Å²) < 4.78 is 2.17. The van der Waals surface area contributed by atoms with Gasteiger partial charge in [0.2, 0.25) is 5.91 Å². The highest BCUT2D eigenvalue weighted by Crippen LogP contribution is 2.22. The number of aromatic nitrogens is 2. The van der Waals surface area contributed by atoms with Crippen LogP contribution < -0.4 is 5.73 Å². The highest BCUT2D eigenvalue weighted by molar-refractivity contribution is 5.81. The molecule has 0 bridgehead atoms. The number of piperazine rings is 1. The van der Waals surface area contributed by atoms with Gasteiger partial charge in [-0.3, -0.25) is 14.6 Å². The van der Waals surface area contributed by atoms with E-state index in [9.17, 15) is 4.79 Å². The molecule has 0 unspecified atom stereocenters. The summed E-state index contributed by atoms with van der Waals surface area (Å²) in [5.41, 5.74) is 6.65. The van der Waals surface area contributed by atoms with Crippen molar-refractivity contribution in [3.05, 3.63) is 54.1 Å². The molecule has 1 fully saturated rings. The zero-order valence-electron chi connectivity index (χ0n) is 14.1. The summed E-state index contributed by atoms with van der Waals surface area (Å²) in [6.45, 7) is 7.39. The van der Waals surface area contributed by atoms with Crippen LogP contribution in [0.25, 0.3) is 0 Å². The number of aryl methyl sites for hydroxylation is 1. The van der Waals surface area contributed by atoms with E-state index in [0.29, 0.717) is 0 Å². The quantitative estimate of drug-likeness (QED) is 0.867. The van der Waals surface area contributed by atoms with Crippen molar-refractivity contribution >= 4 is 5.91 Å². The third-order valence-electron chi connectivity index (χ3n) is 4.66. The monoisotopic (exact) mass is 327 g/mol. The molecule has 3 rings (SSSR count). The molecule has 1 aliphatic rings. The van der Waals surface area contributed by atoms with Crippen LogP contribution in [-0.4, -0.2) is 51.4 Å². The number of hydrogen-bond donors (Lipinski definition) is 1. The molecule has 0 spiro atoms. The number of imidazole rings is 1. The molecule has 2 heterocycles. The normalized spacial score (nSPS) is 17.7. The van der Waals surface area contributed by atoms with Crippen LogP contribution in [0.3, 0.4) is 0 Å². The lowest BCUT2D eigenvalue weighted by Gasteiger charge is -2.38. The largest absolute Gasteiger partial charge is 0.368 e. The predicted octanol–water partition coefficient (Wildman–Crippen LogP) is 1.25. The molecular weight excluding hydrogens is 302 g/mol. The molecule has 0 saturated carbocycles. The molecule has 6 nitrogen and oxygen atoms in total. The molecular formula is C18H25N5O. The number of hydrogen-bond acceptors (Lipinski definition) is 4. The van der Waals surface area contributed by atoms with E-state index in [4.69, 9.17) is 5.73 Å². The fourth-order valence-electron chi connectivity index (χ4n) is 3.35. The minimum absolute atomic E-state index is 0.281. The number of carbonyl (C=O) groups excluding carboxylic acids is 1. The van der Waals surface area contributed by atoms with E-state index in [1.54, 1.807) is 0 Å². The SMILES string of the molecule is CCn1ccnc1CN1CCN([C@H](C(N)=O)c2ccccc2)CC1. The van der Waals surface area contributed by atoms with Gasteiger partial charge >= 0.3 is 0 Å². The molecule has 2 aromatic rings. The van der Waals surface area contributed by atoms with Crippen molar-refractivity contribution in [2.75, 3.05) is 26.2 Å². The van der Waals surface area contributed by atoms with E-state index in [2.05, 4.69) is 26.3 Å². The summed E-state index contributed by atoms with van der Waals surface area (Å²) >= 11 is 0. The molecule has 1 amide bonds. The van der Waals surface area contributed by atoms with Gasteiger partial charge in [0.1, 0.15) is 11.9 Å². The average molecular weight is 327 g/mol. The van der Waals surface area contributed by atoms with Crippen molar-refractivity contribution in [3.8, 4) is 0 Å². The minimum atomic E-state index is -0.342. The third kappa shape index (κ3) is 3.66. The molecule has 1 aromatic carbocycles. The number of amides is 1. The number of nitrogens with two attached hydrogens (primary N) is 1. The van der Waals surface area contributed by atoms with Crippen LogP contribution in [0.5, 0.6) is 0 Å². The molecule has 1 saturated heterocycles. The lowest BCUT2D eigenvalue weighted by Crippen LogP contribution is -2.50. The topological polar surface area (TPSA) is 67.4 Å². The Morgan fingerprint density at radius 1 is 1.21 bits per heavy atom. The first-order chi connectivity index (χ1) is 11.7. The summed E-state index contributed by atoms with van der Waals surface area (Å²) in [7, 11) is 0. The van der Waals surface area contributed by atoms with Crippen molar-refractivity contribution in [2.45, 2.75) is 26.1 Å². The van der Waals surface area contributed by atoms with Crippen molar-refractivity contribution in [1.29, 1.82) is 0 Å². The average Bonchev–Trinajstić information content (AvgIpc) is 3.04. The first-order valence-electron chi connectivity index (χ1n) is 8.49. The van der Waals surface area contributed by atoms with Gasteiger partial charge in [0.15, 0.2) is 0 Å². The van der Waals surface area contributed by atoms with Crippen molar-refractivity contribution in [2.24, 2.45) is 5.73 Å². The Morgan fingerprint density at radius 3 is 2.54 bits per heavy atom. The minimum Gasteiger partial charge on any atom is -0.368 e. The maximum absolute atomic E-state index is 12.0. The second-order valence-corrected chi connectivity index (χ2v) is 6.16. The second-order valence-electron chi connectivity index (χ2n) is 6.16. The third-order valence-corrected chi connectivity index (χ3v) is 4.66. The maximum Gasteiger partial charge on any atom is 0.239 e. The lowest BCUT2D eigenvalue weighted by atomic mass is 10.0. The van der Waals surface area contributed by atoms with E-state index in [0.717, 1.165) is 50.7 Å². The van der Waals surface area contributed by atoms with Crippen molar-refractivity contribution in [3.63, 3.8) is 0 Å². The molecule has 1 aliphatic heterocycles. The number of primary amides is 1. The van der Waals surface area contributed by atoms with E-state index in [1.807, 2.05) is 42.7 Å². The molecule has 0 radical (unpaired) electrons. The van der Waals surface area contributed by atoms with E-state index in [-0.39, 0.29) is 11.9 Å². The van der Waals surface area contributed by atoms with Gasteiger partial charge in [-0.25, -0.2) is 4.98 Å². The Bertz CT molecular complexity index is 661. The Morgan fingerprint density at radius 2 is 1.92 bits per heavy atom. The molecule has 1 aromatic heterocycles. The van der Waals surface area contributed by atoms with Gasteiger partial charge < -0.3 is 10.3 Å². The van der Waals surface area contributed by atoms with E-state index >= 15 is 0 Å². The highest BCUT2D eigenvalue weighted by Gasteiger charge is 2.29. The molecule has 2 N–H and O–H groups in total. The summed E-state index contributed by atoms with van der Waals surface area (Å²) in [6.07, 6.45) is 3.87. The Labute approximate surface area is 142 Å². The van der Waals surface area contributed by atoms with Gasteiger partial charge in [0.25, 0.3) is 0 Å². The number of nitrogens with zero attached hydrogens (tertiary/aromatic N) is 4.